The van der Waals surface area contributed by atoms with E-state index in [2.05, 4.69) is 0 Å². The Morgan fingerprint density at radius 3 is 1.80 bits per heavy atom. The number of nitro groups is 1. The molecule has 192 valence electrons. The van der Waals surface area contributed by atoms with E-state index in [1.54, 1.807) is 20.9 Å². The zero-order valence-corrected chi connectivity index (χ0v) is 19.0. The minimum Gasteiger partial charge on any atom is -0.508 e. The molecule has 2 rings (SSSR count). The Balaban J connectivity index is 2.32. The van der Waals surface area contributed by atoms with Crippen LogP contribution in [0.25, 0.3) is 0 Å². The van der Waals surface area contributed by atoms with Gasteiger partial charge in [0.25, 0.3) is 5.69 Å². The zero-order chi connectivity index (χ0) is 26.0. The molecule has 0 saturated carbocycles. The minimum atomic E-state index is -1.08. The largest absolute Gasteiger partial charge is 0.508 e. The number of phenols is 1. The lowest BCUT2D eigenvalue weighted by atomic mass is 10.1. The van der Waals surface area contributed by atoms with Crippen LogP contribution >= 0.6 is 0 Å². The maximum atomic E-state index is 11.3. The minimum absolute atomic E-state index is 0.0526. The predicted octanol–water partition coefficient (Wildman–Crippen LogP) is -0.253. The molecule has 4 N–H and O–H groups in total. The van der Waals surface area contributed by atoms with E-state index in [9.17, 15) is 44.9 Å². The molecule has 1 aromatic carbocycles. The van der Waals surface area contributed by atoms with Gasteiger partial charge in [-0.05, 0) is 6.07 Å². The van der Waals surface area contributed by atoms with Crippen LogP contribution in [0.3, 0.4) is 0 Å². The molecule has 0 spiro atoms. The number of non-ortho nitro benzene ring substituents is 1. The molecule has 35 heavy (non-hydrogen) atoms. The number of rotatable bonds is 9. The van der Waals surface area contributed by atoms with Crippen LogP contribution in [-0.2, 0) is 20.9 Å². The fourth-order valence-corrected chi connectivity index (χ4v) is 3.55. The summed E-state index contributed by atoms with van der Waals surface area (Å²) in [5, 5.41) is 49.0. The number of carbonyl (C=O) groups is 3. The van der Waals surface area contributed by atoms with E-state index >= 15 is 0 Å². The first-order chi connectivity index (χ1) is 16.5. The first kappa shape index (κ1) is 27.3. The van der Waals surface area contributed by atoms with Crippen molar-refractivity contribution in [2.75, 3.05) is 58.9 Å². The van der Waals surface area contributed by atoms with Crippen LogP contribution in [0.2, 0.25) is 0 Å². The highest BCUT2D eigenvalue weighted by Crippen LogP contribution is 2.24. The summed E-state index contributed by atoms with van der Waals surface area (Å²) >= 11 is 0. The molecule has 14 nitrogen and oxygen atoms in total. The van der Waals surface area contributed by atoms with Crippen LogP contribution in [0.4, 0.5) is 5.69 Å². The van der Waals surface area contributed by atoms with Gasteiger partial charge in [-0.25, -0.2) is 0 Å². The number of hydrogen-bond donors (Lipinski definition) is 4. The average Bonchev–Trinajstić information content (AvgIpc) is 2.75. The lowest BCUT2D eigenvalue weighted by Gasteiger charge is -2.31. The molecule has 1 aliphatic heterocycles. The van der Waals surface area contributed by atoms with Crippen LogP contribution in [0.5, 0.6) is 5.75 Å². The van der Waals surface area contributed by atoms with Gasteiger partial charge in [-0.2, -0.15) is 0 Å². The van der Waals surface area contributed by atoms with Crippen LogP contribution < -0.4 is 0 Å². The monoisotopic (exact) mass is 495 g/mol. The van der Waals surface area contributed by atoms with Crippen molar-refractivity contribution in [3.8, 4) is 5.75 Å². The number of carboxylic acids is 3. The first-order valence-corrected chi connectivity index (χ1v) is 10.8. The van der Waals surface area contributed by atoms with Gasteiger partial charge in [0.15, 0.2) is 0 Å². The SMILES string of the molecule is O=C(O)CN1C=CN(Cc2cc([N+](=O)[O-])ccc2O)CCN(CC(=O)O)CCN(CC(=O)O)CC1. The van der Waals surface area contributed by atoms with Crippen LogP contribution in [0.15, 0.2) is 30.6 Å². The highest BCUT2D eigenvalue weighted by atomic mass is 16.6. The number of benzene rings is 1. The smallest absolute Gasteiger partial charge is 0.323 e. The summed E-state index contributed by atoms with van der Waals surface area (Å²) in [6.45, 7) is 0.637. The van der Waals surface area contributed by atoms with Gasteiger partial charge in [0.2, 0.25) is 0 Å². The molecule has 1 aliphatic rings. The predicted molar refractivity (Wildman–Crippen MR) is 122 cm³/mol. The molecule has 0 aliphatic carbocycles. The van der Waals surface area contributed by atoms with Gasteiger partial charge in [-0.3, -0.25) is 34.3 Å². The summed E-state index contributed by atoms with van der Waals surface area (Å²) in [4.78, 5) is 50.9. The second kappa shape index (κ2) is 13.1. The summed E-state index contributed by atoms with van der Waals surface area (Å²) in [7, 11) is 0. The fraction of sp³-hybridized carbons (Fsp3) is 0.476. The maximum absolute atomic E-state index is 11.3. The van der Waals surface area contributed by atoms with E-state index < -0.39 is 22.8 Å². The molecule has 1 heterocycles. The summed E-state index contributed by atoms with van der Waals surface area (Å²) < 4.78 is 0. The average molecular weight is 495 g/mol. The van der Waals surface area contributed by atoms with Crippen molar-refractivity contribution in [3.05, 3.63) is 46.3 Å². The van der Waals surface area contributed by atoms with Crippen molar-refractivity contribution in [2.24, 2.45) is 0 Å². The third-order valence-electron chi connectivity index (χ3n) is 5.33. The Bertz CT molecular complexity index is 955. The van der Waals surface area contributed by atoms with E-state index in [0.29, 0.717) is 0 Å². The lowest BCUT2D eigenvalue weighted by molar-refractivity contribution is -0.385. The third-order valence-corrected chi connectivity index (χ3v) is 5.33. The first-order valence-electron chi connectivity index (χ1n) is 10.8. The van der Waals surface area contributed by atoms with Gasteiger partial charge in [0, 0.05) is 75.9 Å². The second-order valence-corrected chi connectivity index (χ2v) is 8.04. The fourth-order valence-electron chi connectivity index (χ4n) is 3.55. The molecule has 14 heteroatoms. The maximum Gasteiger partial charge on any atom is 0.323 e. The van der Waals surface area contributed by atoms with E-state index in [0.717, 1.165) is 0 Å². The van der Waals surface area contributed by atoms with Crippen molar-refractivity contribution < 1.29 is 39.7 Å². The quantitative estimate of drug-likeness (QED) is 0.259. The van der Waals surface area contributed by atoms with Crippen LogP contribution in [0.1, 0.15) is 5.56 Å². The van der Waals surface area contributed by atoms with E-state index in [4.69, 9.17) is 0 Å². The van der Waals surface area contributed by atoms with Gasteiger partial charge < -0.3 is 30.2 Å². The Morgan fingerprint density at radius 1 is 0.800 bits per heavy atom. The number of aromatic hydroxyl groups is 1. The second-order valence-electron chi connectivity index (χ2n) is 8.04. The van der Waals surface area contributed by atoms with Crippen molar-refractivity contribution in [3.63, 3.8) is 0 Å². The standard InChI is InChI=1S/C21H29N5O9/c27-18-2-1-17(26(34)35)11-16(18)12-22-3-5-23(13-19(28)29)7-9-25(15-21(32)33)10-8-24(6-4-22)14-20(30)31/h1-3,5,11,27H,4,6-10,12-15H2,(H,28,29)(H,30,31)(H,32,33). The summed E-state index contributed by atoms with van der Waals surface area (Å²) in [6, 6.07) is 3.64. The van der Waals surface area contributed by atoms with Crippen molar-refractivity contribution >= 4 is 23.6 Å². The van der Waals surface area contributed by atoms with Gasteiger partial charge in [0.05, 0.1) is 18.0 Å². The lowest BCUT2D eigenvalue weighted by Crippen LogP contribution is -2.45. The molecule has 0 atom stereocenters. The van der Waals surface area contributed by atoms with Gasteiger partial charge >= 0.3 is 17.9 Å². The molecule has 1 aromatic rings. The zero-order valence-electron chi connectivity index (χ0n) is 19.0. The molecule has 0 amide bonds. The number of aliphatic carboxylic acids is 3. The molecule has 0 bridgehead atoms. The molecule has 0 fully saturated rings. The molecule has 0 saturated heterocycles. The van der Waals surface area contributed by atoms with Crippen molar-refractivity contribution in [2.45, 2.75) is 6.54 Å². The van der Waals surface area contributed by atoms with Crippen molar-refractivity contribution in [1.29, 1.82) is 0 Å². The molecular formula is C21H29N5O9. The summed E-state index contributed by atoms with van der Waals surface area (Å²) in [5.74, 6) is -3.33. The number of carboxylic acid groups (broad SMARTS) is 3. The Hall–Kier alpha value is -3.91. The van der Waals surface area contributed by atoms with Crippen LogP contribution in [-0.4, -0.2) is 122 Å². The molecule has 0 unspecified atom stereocenters. The van der Waals surface area contributed by atoms with Crippen LogP contribution in [0, 0.1) is 10.1 Å². The van der Waals surface area contributed by atoms with E-state index in [-0.39, 0.29) is 82.4 Å². The Morgan fingerprint density at radius 2 is 1.29 bits per heavy atom. The molecular weight excluding hydrogens is 466 g/mol. The molecule has 0 radical (unpaired) electrons. The number of hydrogen-bond acceptors (Lipinski definition) is 10. The number of phenolic OH excluding ortho intramolecular Hbond substituents is 1. The highest BCUT2D eigenvalue weighted by Gasteiger charge is 2.19. The van der Waals surface area contributed by atoms with Gasteiger partial charge in [-0.1, -0.05) is 0 Å². The van der Waals surface area contributed by atoms with Crippen molar-refractivity contribution in [1.82, 2.24) is 19.6 Å². The number of nitrogens with zero attached hydrogens (tertiary/aromatic N) is 5. The third kappa shape index (κ3) is 9.85. The topological polar surface area (TPSA) is 188 Å². The van der Waals surface area contributed by atoms with Gasteiger partial charge in [-0.15, -0.1) is 0 Å². The summed E-state index contributed by atoms with van der Waals surface area (Å²) in [6.07, 6.45) is 3.09. The molecule has 0 aromatic heterocycles. The van der Waals surface area contributed by atoms with E-state index in [1.807, 2.05) is 0 Å². The van der Waals surface area contributed by atoms with E-state index in [1.165, 1.54) is 29.3 Å². The Kier molecular flexibility index (Phi) is 10.2. The van der Waals surface area contributed by atoms with Gasteiger partial charge in [0.1, 0.15) is 12.3 Å². The highest BCUT2D eigenvalue weighted by molar-refractivity contribution is 5.70. The normalized spacial score (nSPS) is 16.3. The number of nitro benzene ring substituents is 1. The summed E-state index contributed by atoms with van der Waals surface area (Å²) in [5.41, 5.74) is 0.0767. The Labute approximate surface area is 201 Å².